The van der Waals surface area contributed by atoms with Gasteiger partial charge >= 0.3 is 6.09 Å². The Morgan fingerprint density at radius 1 is 0.820 bits per heavy atom. The molecule has 0 saturated heterocycles. The van der Waals surface area contributed by atoms with Crippen LogP contribution in [0.15, 0.2) is 67.3 Å². The van der Waals surface area contributed by atoms with Gasteiger partial charge in [0.05, 0.1) is 36.1 Å². The van der Waals surface area contributed by atoms with Crippen molar-refractivity contribution in [3.8, 4) is 0 Å². The Hall–Kier alpha value is -5.52. The highest BCUT2D eigenvalue weighted by Gasteiger charge is 2.45. The van der Waals surface area contributed by atoms with Crippen LogP contribution in [0.2, 0.25) is 0 Å². The monoisotopic (exact) mass is 848 g/mol. The van der Waals surface area contributed by atoms with Gasteiger partial charge in [-0.2, -0.15) is 0 Å². The number of imide groups is 3. The SMILES string of the molecule is CC[C@H](C)[C@H](N)C(=O)N(C(=O)c1ccccn1)C(=O)[C@H](C(C)C)[C@@H](O)[C@H](O)[C@H](CC(C)C)NC(=O)[C@H](Cc1c[nH]cn1)NC(=O)[C@H](Cc1ccccc1)NC(=O)OC(C)(C)C. The van der Waals surface area contributed by atoms with Crippen molar-refractivity contribution in [2.24, 2.45) is 29.4 Å². The summed E-state index contributed by atoms with van der Waals surface area (Å²) < 4.78 is 5.43. The first kappa shape index (κ1) is 49.8. The van der Waals surface area contributed by atoms with Crippen LogP contribution in [0.4, 0.5) is 4.79 Å². The number of hydrogen-bond acceptors (Lipinski definition) is 12. The number of pyridine rings is 1. The minimum atomic E-state index is -1.92. The fraction of sp³-hybridized carbons (Fsp3) is 0.545. The number of nitrogens with one attached hydrogen (secondary N) is 4. The van der Waals surface area contributed by atoms with Gasteiger partial charge in [-0.25, -0.2) is 14.7 Å². The summed E-state index contributed by atoms with van der Waals surface area (Å²) in [5.41, 5.74) is 6.33. The Labute approximate surface area is 358 Å². The molecule has 0 unspecified atom stereocenters. The number of imidazole rings is 1. The van der Waals surface area contributed by atoms with E-state index in [4.69, 9.17) is 10.5 Å². The van der Waals surface area contributed by atoms with Gasteiger partial charge in [0.1, 0.15) is 29.5 Å². The number of aliphatic hydroxyl groups is 2. The summed E-state index contributed by atoms with van der Waals surface area (Å²) in [5.74, 6) is -7.49. The molecule has 2 heterocycles. The second-order valence-electron chi connectivity index (χ2n) is 17.2. The molecule has 17 nitrogen and oxygen atoms in total. The minimum absolute atomic E-state index is 0.0543. The molecular weight excluding hydrogens is 785 g/mol. The maximum absolute atomic E-state index is 14.5. The van der Waals surface area contributed by atoms with E-state index < -0.39 is 95.4 Å². The zero-order valence-corrected chi connectivity index (χ0v) is 36.6. The molecule has 0 saturated carbocycles. The first-order valence-electron chi connectivity index (χ1n) is 20.7. The number of aromatic amines is 1. The Morgan fingerprint density at radius 3 is 1.98 bits per heavy atom. The normalized spacial score (nSPS) is 15.6. The molecule has 8 N–H and O–H groups in total. The van der Waals surface area contributed by atoms with Crippen molar-refractivity contribution in [2.45, 2.75) is 130 Å². The highest BCUT2D eigenvalue weighted by atomic mass is 16.6. The number of nitrogens with two attached hydrogens (primary N) is 1. The molecular formula is C44H64N8O9. The number of carbonyl (C=O) groups excluding carboxylic acids is 6. The topological polar surface area (TPSA) is 259 Å². The lowest BCUT2D eigenvalue weighted by molar-refractivity contribution is -0.152. The molecule has 8 atom stereocenters. The maximum Gasteiger partial charge on any atom is 0.408 e. The molecule has 61 heavy (non-hydrogen) atoms. The largest absolute Gasteiger partial charge is 0.444 e. The van der Waals surface area contributed by atoms with Crippen LogP contribution >= 0.6 is 0 Å². The van der Waals surface area contributed by atoms with Gasteiger partial charge in [0.2, 0.25) is 17.7 Å². The van der Waals surface area contributed by atoms with E-state index in [1.165, 1.54) is 24.7 Å². The number of carbonyl (C=O) groups is 6. The van der Waals surface area contributed by atoms with Gasteiger partial charge < -0.3 is 41.6 Å². The summed E-state index contributed by atoms with van der Waals surface area (Å²) in [6, 6.07) is 8.39. The van der Waals surface area contributed by atoms with Gasteiger partial charge in [-0.15, -0.1) is 0 Å². The molecule has 6 amide bonds. The third kappa shape index (κ3) is 14.9. The predicted octanol–water partition coefficient (Wildman–Crippen LogP) is 3.06. The van der Waals surface area contributed by atoms with Crippen molar-refractivity contribution >= 4 is 35.6 Å². The Balaban J connectivity index is 1.98. The molecule has 1 aromatic carbocycles. The zero-order chi connectivity index (χ0) is 45.6. The Morgan fingerprint density at radius 2 is 1.44 bits per heavy atom. The number of aliphatic hydroxyl groups excluding tert-OH is 2. The first-order chi connectivity index (χ1) is 28.6. The molecule has 17 heteroatoms. The van der Waals surface area contributed by atoms with Gasteiger partial charge in [-0.05, 0) is 62.6 Å². The fourth-order valence-corrected chi connectivity index (χ4v) is 6.66. The quantitative estimate of drug-likeness (QED) is 0.0866. The first-order valence-corrected chi connectivity index (χ1v) is 20.7. The van der Waals surface area contributed by atoms with Crippen molar-refractivity contribution < 1.29 is 43.7 Å². The molecule has 3 rings (SSSR count). The van der Waals surface area contributed by atoms with Crippen LogP contribution in [-0.2, 0) is 36.8 Å². The van der Waals surface area contributed by atoms with Gasteiger partial charge in [0.25, 0.3) is 11.8 Å². The van der Waals surface area contributed by atoms with E-state index in [9.17, 15) is 39.0 Å². The summed E-state index contributed by atoms with van der Waals surface area (Å²) in [6.07, 6.45) is 0.187. The highest BCUT2D eigenvalue weighted by Crippen LogP contribution is 2.26. The predicted molar refractivity (Wildman–Crippen MR) is 227 cm³/mol. The molecule has 0 fully saturated rings. The number of nitrogens with zero attached hydrogens (tertiary/aromatic N) is 3. The molecule has 0 spiro atoms. The van der Waals surface area contributed by atoms with E-state index in [2.05, 4.69) is 30.9 Å². The number of hydrogen-bond donors (Lipinski definition) is 7. The number of rotatable bonds is 20. The Bertz CT molecular complexity index is 1890. The van der Waals surface area contributed by atoms with Gasteiger partial charge in [0.15, 0.2) is 0 Å². The summed E-state index contributed by atoms with van der Waals surface area (Å²) in [4.78, 5) is 94.9. The number of ether oxygens (including phenoxy) is 1. The highest BCUT2D eigenvalue weighted by molar-refractivity contribution is 6.17. The molecule has 0 aliphatic heterocycles. The fourth-order valence-electron chi connectivity index (χ4n) is 6.66. The second kappa shape index (κ2) is 22.9. The van der Waals surface area contributed by atoms with Gasteiger partial charge in [0, 0.05) is 25.2 Å². The Kier molecular flexibility index (Phi) is 18.7. The van der Waals surface area contributed by atoms with E-state index in [0.717, 1.165) is 5.56 Å². The lowest BCUT2D eigenvalue weighted by Crippen LogP contribution is -2.60. The molecule has 2 aromatic heterocycles. The number of benzene rings is 1. The van der Waals surface area contributed by atoms with Crippen molar-refractivity contribution in [3.63, 3.8) is 0 Å². The third-order valence-electron chi connectivity index (χ3n) is 10.1. The van der Waals surface area contributed by atoms with E-state index in [1.54, 1.807) is 85.0 Å². The van der Waals surface area contributed by atoms with Gasteiger partial charge in [-0.1, -0.05) is 84.4 Å². The van der Waals surface area contributed by atoms with Crippen LogP contribution < -0.4 is 21.7 Å². The van der Waals surface area contributed by atoms with Crippen molar-refractivity contribution in [1.82, 2.24) is 35.8 Å². The number of aromatic nitrogens is 3. The number of H-pyrrole nitrogens is 1. The van der Waals surface area contributed by atoms with Crippen LogP contribution in [0.3, 0.4) is 0 Å². The van der Waals surface area contributed by atoms with E-state index in [-0.39, 0.29) is 30.9 Å². The molecule has 0 aliphatic carbocycles. The molecule has 3 aromatic rings. The lowest BCUT2D eigenvalue weighted by atomic mass is 9.82. The van der Waals surface area contributed by atoms with E-state index in [0.29, 0.717) is 17.0 Å². The number of alkyl carbamates (subject to hydrolysis) is 1. The summed E-state index contributed by atoms with van der Waals surface area (Å²) in [5, 5.41) is 31.9. The van der Waals surface area contributed by atoms with Crippen LogP contribution in [0, 0.1) is 23.7 Å². The smallest absolute Gasteiger partial charge is 0.408 e. The average molecular weight is 849 g/mol. The van der Waals surface area contributed by atoms with Crippen LogP contribution in [-0.4, -0.2) is 108 Å². The van der Waals surface area contributed by atoms with Crippen molar-refractivity contribution in [1.29, 1.82) is 0 Å². The average Bonchev–Trinajstić information content (AvgIpc) is 3.72. The zero-order valence-electron chi connectivity index (χ0n) is 36.6. The van der Waals surface area contributed by atoms with Crippen molar-refractivity contribution in [3.05, 3.63) is 84.2 Å². The summed E-state index contributed by atoms with van der Waals surface area (Å²) in [6.45, 7) is 15.4. The maximum atomic E-state index is 14.5. The summed E-state index contributed by atoms with van der Waals surface area (Å²) in [7, 11) is 0. The standard InChI is InChI=1S/C44H64N8O9/c1-10-27(6)35(45)42(59)52(40(57)30-18-14-15-19-47-30)41(58)34(26(4)5)37(54)36(53)31(20-25(2)3)49-39(56)33(22-29-23-46-24-48-29)50-38(55)32(21-28-16-12-11-13-17-28)51-43(60)61-44(7,8)9/h11-19,23-27,31-37,53-54H,10,20-22,45H2,1-9H3,(H,46,48)(H,49,56)(H,50,55)(H,51,60)/t27-,31-,32-,33-,34+,35-,36+,37+/m0/s1. The van der Waals surface area contributed by atoms with Crippen LogP contribution in [0.5, 0.6) is 0 Å². The number of amides is 6. The van der Waals surface area contributed by atoms with E-state index >= 15 is 0 Å². The third-order valence-corrected chi connectivity index (χ3v) is 10.1. The minimum Gasteiger partial charge on any atom is -0.444 e. The van der Waals surface area contributed by atoms with E-state index in [1.807, 2.05) is 19.9 Å². The van der Waals surface area contributed by atoms with Crippen LogP contribution in [0.25, 0.3) is 0 Å². The van der Waals surface area contributed by atoms with Crippen LogP contribution in [0.1, 0.15) is 96.9 Å². The molecule has 0 aliphatic rings. The molecule has 0 radical (unpaired) electrons. The van der Waals surface area contributed by atoms with Gasteiger partial charge in [-0.3, -0.25) is 29.0 Å². The second-order valence-corrected chi connectivity index (χ2v) is 17.2. The van der Waals surface area contributed by atoms with Crippen molar-refractivity contribution in [2.75, 3.05) is 0 Å². The summed E-state index contributed by atoms with van der Waals surface area (Å²) >= 11 is 0. The molecule has 0 bridgehead atoms. The lowest BCUT2D eigenvalue weighted by Gasteiger charge is -2.36. The molecule has 334 valence electrons.